The van der Waals surface area contributed by atoms with Crippen LogP contribution in [0.15, 0.2) is 30.5 Å². The Morgan fingerprint density at radius 1 is 1.31 bits per heavy atom. The van der Waals surface area contributed by atoms with Crippen molar-refractivity contribution in [3.05, 3.63) is 47.5 Å². The van der Waals surface area contributed by atoms with E-state index in [9.17, 15) is 4.79 Å². The lowest BCUT2D eigenvalue weighted by molar-refractivity contribution is 0.0652. The minimum atomic E-state index is 0.0169. The number of carbonyl (C=O) groups is 1. The first-order chi connectivity index (χ1) is 14.0. The molecular weight excluding hydrogens is 364 g/mol. The molecule has 6 nitrogen and oxygen atoms in total. The van der Waals surface area contributed by atoms with Gasteiger partial charge in [0.2, 0.25) is 0 Å². The van der Waals surface area contributed by atoms with E-state index in [4.69, 9.17) is 4.74 Å². The number of carbonyl (C=O) groups excluding carboxylic acids is 1. The molecule has 3 rings (SSSR count). The van der Waals surface area contributed by atoms with Gasteiger partial charge >= 0.3 is 0 Å². The lowest BCUT2D eigenvalue weighted by atomic mass is 9.95. The molecule has 1 amide bonds. The van der Waals surface area contributed by atoms with Crippen LogP contribution in [0.4, 0.5) is 0 Å². The Bertz CT molecular complexity index is 794. The van der Waals surface area contributed by atoms with Gasteiger partial charge < -0.3 is 14.6 Å². The number of rotatable bonds is 8. The summed E-state index contributed by atoms with van der Waals surface area (Å²) in [5.41, 5.74) is 2.15. The van der Waals surface area contributed by atoms with Crippen LogP contribution in [0.3, 0.4) is 0 Å². The van der Waals surface area contributed by atoms with Crippen LogP contribution in [-0.2, 0) is 6.54 Å². The van der Waals surface area contributed by atoms with Gasteiger partial charge in [-0.15, -0.1) is 0 Å². The molecular formula is C23H34N4O2. The third kappa shape index (κ3) is 5.82. The van der Waals surface area contributed by atoms with E-state index in [0.717, 1.165) is 57.0 Å². The van der Waals surface area contributed by atoms with E-state index in [2.05, 4.69) is 40.8 Å². The summed E-state index contributed by atoms with van der Waals surface area (Å²) in [6, 6.07) is 8.24. The number of aromatic amines is 1. The minimum Gasteiger partial charge on any atom is -0.496 e. The third-order valence-electron chi connectivity index (χ3n) is 5.55. The zero-order valence-electron chi connectivity index (χ0n) is 18.1. The highest BCUT2D eigenvalue weighted by atomic mass is 16.5. The van der Waals surface area contributed by atoms with Gasteiger partial charge in [-0.05, 0) is 50.8 Å². The van der Waals surface area contributed by atoms with Crippen molar-refractivity contribution < 1.29 is 9.53 Å². The molecule has 2 heterocycles. The normalized spacial score (nSPS) is 15.6. The molecule has 1 aromatic heterocycles. The molecule has 29 heavy (non-hydrogen) atoms. The Morgan fingerprint density at radius 3 is 2.66 bits per heavy atom. The van der Waals surface area contributed by atoms with Gasteiger partial charge in [-0.1, -0.05) is 32.0 Å². The van der Waals surface area contributed by atoms with Crippen molar-refractivity contribution in [1.29, 1.82) is 0 Å². The number of benzene rings is 1. The lowest BCUT2D eigenvalue weighted by Crippen LogP contribution is -2.42. The van der Waals surface area contributed by atoms with Crippen LogP contribution in [0.1, 0.15) is 48.6 Å². The largest absolute Gasteiger partial charge is 0.496 e. The minimum absolute atomic E-state index is 0.0169. The Kier molecular flexibility index (Phi) is 7.31. The van der Waals surface area contributed by atoms with Gasteiger partial charge in [-0.25, -0.2) is 4.98 Å². The standard InChI is InChI=1S/C23H34N4O2/c1-17(2)14-27(23(28)22-24-13-18(3)25-22)15-19-9-11-26(12-10-19)16-20-7-5-6-8-21(20)29-4/h5-8,13,17,19H,9-12,14-16H2,1-4H3,(H,24,25). The average Bonchev–Trinajstić information content (AvgIpc) is 3.15. The number of para-hydroxylation sites is 1. The van der Waals surface area contributed by atoms with E-state index in [-0.39, 0.29) is 5.91 Å². The summed E-state index contributed by atoms with van der Waals surface area (Å²) in [6.45, 7) is 10.8. The number of likely N-dealkylation sites (tertiary alicyclic amines) is 1. The summed E-state index contributed by atoms with van der Waals surface area (Å²) in [5, 5.41) is 0. The molecule has 0 bridgehead atoms. The Morgan fingerprint density at radius 2 is 2.03 bits per heavy atom. The zero-order valence-corrected chi connectivity index (χ0v) is 18.1. The molecule has 1 fully saturated rings. The Balaban J connectivity index is 1.56. The number of hydrogen-bond donors (Lipinski definition) is 1. The van der Waals surface area contributed by atoms with Crippen LogP contribution >= 0.6 is 0 Å². The number of imidazole rings is 1. The summed E-state index contributed by atoms with van der Waals surface area (Å²) >= 11 is 0. The van der Waals surface area contributed by atoms with Gasteiger partial charge in [0.15, 0.2) is 5.82 Å². The molecule has 0 saturated carbocycles. The molecule has 2 aromatic rings. The topological polar surface area (TPSA) is 61.5 Å². The number of H-pyrrole nitrogens is 1. The monoisotopic (exact) mass is 398 g/mol. The maximum absolute atomic E-state index is 13.0. The van der Waals surface area contributed by atoms with E-state index in [1.54, 1.807) is 13.3 Å². The first-order valence-corrected chi connectivity index (χ1v) is 10.6. The first-order valence-electron chi connectivity index (χ1n) is 10.6. The molecule has 0 unspecified atom stereocenters. The number of amides is 1. The molecule has 1 N–H and O–H groups in total. The van der Waals surface area contributed by atoms with Crippen LogP contribution in [0.5, 0.6) is 5.75 Å². The van der Waals surface area contributed by atoms with Crippen molar-refractivity contribution in [3.8, 4) is 5.75 Å². The highest BCUT2D eigenvalue weighted by Gasteiger charge is 2.26. The third-order valence-corrected chi connectivity index (χ3v) is 5.55. The fourth-order valence-electron chi connectivity index (χ4n) is 4.07. The SMILES string of the molecule is COc1ccccc1CN1CCC(CN(CC(C)C)C(=O)c2ncc(C)[nH]2)CC1. The highest BCUT2D eigenvalue weighted by molar-refractivity contribution is 5.90. The van der Waals surface area contributed by atoms with E-state index >= 15 is 0 Å². The van der Waals surface area contributed by atoms with Gasteiger partial charge in [0.05, 0.1) is 7.11 Å². The zero-order chi connectivity index (χ0) is 20.8. The number of aryl methyl sites for hydroxylation is 1. The molecule has 1 aliphatic rings. The molecule has 0 aliphatic carbocycles. The number of nitrogens with zero attached hydrogens (tertiary/aromatic N) is 3. The first kappa shape index (κ1) is 21.4. The van der Waals surface area contributed by atoms with Gasteiger partial charge in [-0.3, -0.25) is 9.69 Å². The van der Waals surface area contributed by atoms with Crippen molar-refractivity contribution in [1.82, 2.24) is 19.8 Å². The fourth-order valence-corrected chi connectivity index (χ4v) is 4.07. The van der Waals surface area contributed by atoms with Gasteiger partial charge in [0.25, 0.3) is 5.91 Å². The molecule has 0 spiro atoms. The van der Waals surface area contributed by atoms with Crippen molar-refractivity contribution in [2.24, 2.45) is 11.8 Å². The average molecular weight is 399 g/mol. The number of methoxy groups -OCH3 is 1. The molecule has 1 saturated heterocycles. The summed E-state index contributed by atoms with van der Waals surface area (Å²) in [7, 11) is 1.73. The predicted molar refractivity (Wildman–Crippen MR) is 115 cm³/mol. The lowest BCUT2D eigenvalue weighted by Gasteiger charge is -2.35. The van der Waals surface area contributed by atoms with E-state index in [0.29, 0.717) is 17.7 Å². The van der Waals surface area contributed by atoms with Crippen LogP contribution in [0.25, 0.3) is 0 Å². The Hall–Kier alpha value is -2.34. The molecule has 0 atom stereocenters. The highest BCUT2D eigenvalue weighted by Crippen LogP contribution is 2.24. The number of hydrogen-bond acceptors (Lipinski definition) is 4. The quantitative estimate of drug-likeness (QED) is 0.736. The number of aromatic nitrogens is 2. The molecule has 1 aromatic carbocycles. The second-order valence-corrected chi connectivity index (χ2v) is 8.55. The van der Waals surface area contributed by atoms with Crippen LogP contribution in [-0.4, -0.2) is 59.0 Å². The van der Waals surface area contributed by atoms with Crippen molar-refractivity contribution >= 4 is 5.91 Å². The molecule has 1 aliphatic heterocycles. The Labute approximate surface area is 174 Å². The number of piperidine rings is 1. The van der Waals surface area contributed by atoms with Gasteiger partial charge in [0, 0.05) is 37.1 Å². The number of nitrogens with one attached hydrogen (secondary N) is 1. The second kappa shape index (κ2) is 9.92. The maximum atomic E-state index is 13.0. The van der Waals surface area contributed by atoms with Crippen LogP contribution in [0.2, 0.25) is 0 Å². The smallest absolute Gasteiger partial charge is 0.289 e. The van der Waals surface area contributed by atoms with Crippen molar-refractivity contribution in [3.63, 3.8) is 0 Å². The maximum Gasteiger partial charge on any atom is 0.289 e. The molecule has 0 radical (unpaired) electrons. The number of ether oxygens (including phenoxy) is 1. The van der Waals surface area contributed by atoms with Gasteiger partial charge in [-0.2, -0.15) is 0 Å². The van der Waals surface area contributed by atoms with Crippen molar-refractivity contribution in [2.75, 3.05) is 33.3 Å². The van der Waals surface area contributed by atoms with E-state index in [1.165, 1.54) is 5.56 Å². The van der Waals surface area contributed by atoms with Gasteiger partial charge in [0.1, 0.15) is 5.75 Å². The summed E-state index contributed by atoms with van der Waals surface area (Å²) in [6.07, 6.45) is 3.93. The van der Waals surface area contributed by atoms with E-state index in [1.807, 2.05) is 24.0 Å². The van der Waals surface area contributed by atoms with Crippen molar-refractivity contribution in [2.45, 2.75) is 40.2 Å². The molecule has 158 valence electrons. The van der Waals surface area contributed by atoms with E-state index < -0.39 is 0 Å². The van der Waals surface area contributed by atoms with Crippen LogP contribution in [0, 0.1) is 18.8 Å². The summed E-state index contributed by atoms with van der Waals surface area (Å²) in [5.74, 6) is 2.39. The fraction of sp³-hybridized carbons (Fsp3) is 0.565. The summed E-state index contributed by atoms with van der Waals surface area (Å²) < 4.78 is 5.49. The van der Waals surface area contributed by atoms with Crippen LogP contribution < -0.4 is 4.74 Å². The predicted octanol–water partition coefficient (Wildman–Crippen LogP) is 3.74. The summed E-state index contributed by atoms with van der Waals surface area (Å²) in [4.78, 5) is 24.8. The molecule has 6 heteroatoms. The second-order valence-electron chi connectivity index (χ2n) is 8.55.